The van der Waals surface area contributed by atoms with Crippen LogP contribution in [0.5, 0.6) is 0 Å². The van der Waals surface area contributed by atoms with Gasteiger partial charge < -0.3 is 0 Å². The third-order valence-corrected chi connectivity index (χ3v) is 7.60. The van der Waals surface area contributed by atoms with E-state index in [1.165, 1.54) is 17.4 Å². The number of halogens is 3. The maximum atomic E-state index is 12.8. The predicted octanol–water partition coefficient (Wildman–Crippen LogP) is 4.81. The van der Waals surface area contributed by atoms with Crippen molar-refractivity contribution in [3.05, 3.63) is 59.2 Å². The van der Waals surface area contributed by atoms with Gasteiger partial charge in [0.25, 0.3) is 0 Å². The monoisotopic (exact) mass is 505 g/mol. The molecule has 0 saturated carbocycles. The molecule has 0 radical (unpaired) electrons. The van der Waals surface area contributed by atoms with E-state index in [-0.39, 0.29) is 5.69 Å². The van der Waals surface area contributed by atoms with Crippen molar-refractivity contribution in [3.8, 4) is 22.5 Å². The Morgan fingerprint density at radius 3 is 2.56 bits per heavy atom. The van der Waals surface area contributed by atoms with Crippen LogP contribution in [0.25, 0.3) is 27.4 Å². The summed E-state index contributed by atoms with van der Waals surface area (Å²) >= 11 is 1.42. The van der Waals surface area contributed by atoms with Crippen LogP contribution in [-0.2, 0) is 16.4 Å². The molecule has 0 saturated heterocycles. The smallest absolute Gasteiger partial charge is 0.282 e. The molecule has 1 N–H and O–H groups in total. The fourth-order valence-electron chi connectivity index (χ4n) is 3.42. The second kappa shape index (κ2) is 8.83. The summed E-state index contributed by atoms with van der Waals surface area (Å²) in [6.45, 7) is 2.69. The largest absolute Gasteiger partial charge is 0.404 e. The van der Waals surface area contributed by atoms with Crippen molar-refractivity contribution in [2.24, 2.45) is 0 Å². The van der Waals surface area contributed by atoms with E-state index in [2.05, 4.69) is 16.0 Å². The van der Waals surface area contributed by atoms with E-state index in [1.54, 1.807) is 15.5 Å². The van der Waals surface area contributed by atoms with Crippen LogP contribution in [0.2, 0.25) is 0 Å². The summed E-state index contributed by atoms with van der Waals surface area (Å²) in [6, 6.07) is 8.06. The molecule has 176 valence electrons. The molecule has 7 nitrogen and oxygen atoms in total. The number of sulfonamides is 1. The second-order valence-corrected chi connectivity index (χ2v) is 10.1. The molecular formula is C22H18F3N5O2S2. The van der Waals surface area contributed by atoms with Crippen molar-refractivity contribution in [1.82, 2.24) is 19.3 Å². The van der Waals surface area contributed by atoms with Gasteiger partial charge in [-0.1, -0.05) is 6.92 Å². The van der Waals surface area contributed by atoms with E-state index in [9.17, 15) is 26.9 Å². The lowest BCUT2D eigenvalue weighted by Crippen LogP contribution is -2.42. The van der Waals surface area contributed by atoms with Crippen LogP contribution >= 0.6 is 11.3 Å². The summed E-state index contributed by atoms with van der Waals surface area (Å²) in [5, 5.41) is 13.3. The molecule has 4 heterocycles. The topological polar surface area (TPSA) is 101 Å². The average Bonchev–Trinajstić information content (AvgIpc) is 3.43. The number of thiophene rings is 1. The number of alkyl halides is 3. The van der Waals surface area contributed by atoms with Gasteiger partial charge in [-0.05, 0) is 54.6 Å². The Labute approximate surface area is 197 Å². The molecule has 1 unspecified atom stereocenters. The van der Waals surface area contributed by atoms with E-state index in [1.807, 2.05) is 30.5 Å². The Bertz CT molecular complexity index is 1490. The van der Waals surface area contributed by atoms with E-state index in [0.29, 0.717) is 22.3 Å². The van der Waals surface area contributed by atoms with Gasteiger partial charge in [0.05, 0.1) is 17.0 Å². The first kappa shape index (κ1) is 23.9. The fourth-order valence-corrected chi connectivity index (χ4v) is 5.33. The molecule has 1 atom stereocenters. The van der Waals surface area contributed by atoms with Gasteiger partial charge in [-0.25, -0.2) is 13.4 Å². The highest BCUT2D eigenvalue weighted by Gasteiger charge is 2.39. The maximum absolute atomic E-state index is 12.8. The van der Waals surface area contributed by atoms with Gasteiger partial charge in [0.2, 0.25) is 10.0 Å². The van der Waals surface area contributed by atoms with Crippen LogP contribution in [0.15, 0.2) is 53.0 Å². The van der Waals surface area contributed by atoms with Gasteiger partial charge >= 0.3 is 6.18 Å². The summed E-state index contributed by atoms with van der Waals surface area (Å²) in [5.41, 5.74) is 2.51. The second-order valence-electron chi connectivity index (χ2n) is 7.45. The van der Waals surface area contributed by atoms with Crippen molar-refractivity contribution in [1.29, 1.82) is 5.26 Å². The summed E-state index contributed by atoms with van der Waals surface area (Å²) in [7, 11) is -4.46. The third kappa shape index (κ3) is 4.29. The predicted molar refractivity (Wildman–Crippen MR) is 122 cm³/mol. The van der Waals surface area contributed by atoms with Crippen LogP contribution < -0.4 is 4.72 Å². The summed E-state index contributed by atoms with van der Waals surface area (Å²) in [5.74, 6) is 0. The van der Waals surface area contributed by atoms with Gasteiger partial charge in [0.1, 0.15) is 27.7 Å². The fraction of sp³-hybridized carbons (Fsp3) is 0.227. The van der Waals surface area contributed by atoms with Gasteiger partial charge in [0.15, 0.2) is 0 Å². The molecule has 12 heteroatoms. The van der Waals surface area contributed by atoms with Gasteiger partial charge in [-0.2, -0.15) is 23.2 Å². The van der Waals surface area contributed by atoms with Crippen LogP contribution in [-0.4, -0.2) is 35.2 Å². The first-order valence-corrected chi connectivity index (χ1v) is 12.5. The number of hydrogen-bond acceptors (Lipinski definition) is 6. The standard InChI is InChI=1S/C22H18F3N5O2S2/c1-3-14-9-16-17(10-26)20(30(21(16)28-11-14)19-5-4-8-33-19)18-7-6-15(12-27-18)34(31,32)29-13(2)22(23,24)25/h4-9,11-13,29H,3H2,1-2H3. The molecule has 0 aromatic carbocycles. The number of hydrogen-bond donors (Lipinski definition) is 1. The van der Waals surface area contributed by atoms with Crippen LogP contribution in [0.1, 0.15) is 25.0 Å². The number of aryl methyl sites for hydroxylation is 1. The Hall–Kier alpha value is -3.27. The third-order valence-electron chi connectivity index (χ3n) is 5.22. The molecule has 0 spiro atoms. The lowest BCUT2D eigenvalue weighted by Gasteiger charge is -2.17. The highest BCUT2D eigenvalue weighted by atomic mass is 32.2. The summed E-state index contributed by atoms with van der Waals surface area (Å²) in [4.78, 5) is 8.34. The minimum absolute atomic E-state index is 0.281. The molecule has 0 aliphatic rings. The number of pyridine rings is 2. The molecule has 0 bridgehead atoms. The van der Waals surface area contributed by atoms with Crippen molar-refractivity contribution in [3.63, 3.8) is 0 Å². The summed E-state index contributed by atoms with van der Waals surface area (Å²) in [6.07, 6.45) is -1.30. The average molecular weight is 506 g/mol. The molecule has 0 aliphatic carbocycles. The summed E-state index contributed by atoms with van der Waals surface area (Å²) < 4.78 is 66.6. The number of nitriles is 1. The highest BCUT2D eigenvalue weighted by Crippen LogP contribution is 2.36. The first-order chi connectivity index (χ1) is 16.1. The van der Waals surface area contributed by atoms with Gasteiger partial charge in [-0.15, -0.1) is 11.3 Å². The van der Waals surface area contributed by atoms with E-state index in [4.69, 9.17) is 0 Å². The van der Waals surface area contributed by atoms with E-state index in [0.717, 1.165) is 36.2 Å². The molecule has 0 amide bonds. The van der Waals surface area contributed by atoms with Gasteiger partial charge in [-0.3, -0.25) is 9.55 Å². The van der Waals surface area contributed by atoms with Crippen LogP contribution in [0.4, 0.5) is 13.2 Å². The number of aromatic nitrogens is 3. The molecule has 34 heavy (non-hydrogen) atoms. The molecule has 4 rings (SSSR count). The molecule has 4 aromatic rings. The molecule has 4 aromatic heterocycles. The van der Waals surface area contributed by atoms with Crippen molar-refractivity contribution < 1.29 is 21.6 Å². The Morgan fingerprint density at radius 1 is 1.24 bits per heavy atom. The molecular weight excluding hydrogens is 487 g/mol. The minimum Gasteiger partial charge on any atom is -0.282 e. The number of fused-ring (bicyclic) bond motifs is 1. The maximum Gasteiger partial charge on any atom is 0.404 e. The van der Waals surface area contributed by atoms with Crippen molar-refractivity contribution in [2.75, 3.05) is 0 Å². The Balaban J connectivity index is 1.86. The lowest BCUT2D eigenvalue weighted by molar-refractivity contribution is -0.147. The zero-order chi connectivity index (χ0) is 24.7. The van der Waals surface area contributed by atoms with Gasteiger partial charge in [0, 0.05) is 17.8 Å². The quantitative estimate of drug-likeness (QED) is 0.405. The highest BCUT2D eigenvalue weighted by molar-refractivity contribution is 7.89. The molecule has 0 fully saturated rings. The van der Waals surface area contributed by atoms with Crippen molar-refractivity contribution >= 4 is 32.4 Å². The zero-order valence-corrected chi connectivity index (χ0v) is 19.6. The minimum atomic E-state index is -4.73. The van der Waals surface area contributed by atoms with Crippen molar-refractivity contribution in [2.45, 2.75) is 37.4 Å². The Kier molecular flexibility index (Phi) is 6.20. The number of nitrogens with one attached hydrogen (secondary N) is 1. The zero-order valence-electron chi connectivity index (χ0n) is 18.0. The molecule has 0 aliphatic heterocycles. The number of nitrogens with zero attached hydrogens (tertiary/aromatic N) is 4. The SMILES string of the molecule is CCc1cnc2c(c1)c(C#N)c(-c1ccc(S(=O)(=O)NC(C)C(F)(F)F)cn1)n2-c1cccs1. The van der Waals surface area contributed by atoms with Crippen LogP contribution in [0, 0.1) is 11.3 Å². The van der Waals surface area contributed by atoms with Crippen LogP contribution in [0.3, 0.4) is 0 Å². The first-order valence-electron chi connectivity index (χ1n) is 10.1. The number of rotatable bonds is 6. The normalized spacial score (nSPS) is 13.2. The van der Waals surface area contributed by atoms with E-state index >= 15 is 0 Å². The van der Waals surface area contributed by atoms with E-state index < -0.39 is 27.1 Å². The lowest BCUT2D eigenvalue weighted by atomic mass is 10.1. The Morgan fingerprint density at radius 2 is 2.00 bits per heavy atom.